The first kappa shape index (κ1) is 36.2. The smallest absolute Gasteiger partial charge is 0.165 e. The van der Waals surface area contributed by atoms with Crippen LogP contribution < -0.4 is 0 Å². The minimum absolute atomic E-state index is 0.564. The molecular weight excluding hydrogens is 833 g/mol. The number of nitrogens with zero attached hydrogens (tertiary/aromatic N) is 4. The molecule has 14 aromatic rings. The molecule has 0 amide bonds. The molecule has 0 N–H and O–H groups in total. The van der Waals surface area contributed by atoms with Crippen LogP contribution in [-0.4, -0.2) is 15.0 Å². The lowest BCUT2D eigenvalue weighted by Gasteiger charge is -2.12. The van der Waals surface area contributed by atoms with Crippen molar-refractivity contribution in [1.29, 1.82) is 5.26 Å². The van der Waals surface area contributed by atoms with E-state index in [1.807, 2.05) is 47.7 Å². The molecule has 0 unspecified atom stereocenters. The number of rotatable bonds is 5. The first-order valence-corrected chi connectivity index (χ1v) is 23.1. The second-order valence-corrected chi connectivity index (χ2v) is 18.7. The lowest BCUT2D eigenvalue weighted by molar-refractivity contribution is 0.669. The van der Waals surface area contributed by atoms with Crippen molar-refractivity contribution in [3.05, 3.63) is 188 Å². The maximum atomic E-state index is 10.3. The van der Waals surface area contributed by atoms with Gasteiger partial charge in [0.15, 0.2) is 17.5 Å². The van der Waals surface area contributed by atoms with E-state index in [0.717, 1.165) is 65.6 Å². The van der Waals surface area contributed by atoms with E-state index in [4.69, 9.17) is 19.4 Å². The fourth-order valence-corrected chi connectivity index (χ4v) is 12.3. The van der Waals surface area contributed by atoms with E-state index in [2.05, 4.69) is 152 Å². The molecule has 0 radical (unpaired) electrons. The van der Waals surface area contributed by atoms with Crippen molar-refractivity contribution in [3.8, 4) is 62.5 Å². The standard InChI is InChI=1S/C58H30N4OS2/c59-31-32-25-36(27-37(26-32)38-28-47-40-10-2-1-9-39(40)44-13-8-18-51-53(44)54(47)52(30-38)64-51)33-19-21-34(22-20-33)56-60-57(35-23-24-42-41-11-3-5-16-48(41)63-49(42)29-35)62-58(61-56)46-15-7-14-45-43-12-4-6-17-50(43)65-55(45)46/h1-30H. The highest BCUT2D eigenvalue weighted by Crippen LogP contribution is 2.47. The van der Waals surface area contributed by atoms with Crippen molar-refractivity contribution < 1.29 is 4.42 Å². The van der Waals surface area contributed by atoms with Crippen LogP contribution in [0.3, 0.4) is 0 Å². The van der Waals surface area contributed by atoms with Gasteiger partial charge in [0.05, 0.1) is 11.6 Å². The van der Waals surface area contributed by atoms with Gasteiger partial charge in [-0.25, -0.2) is 15.0 Å². The van der Waals surface area contributed by atoms with Crippen LogP contribution in [-0.2, 0) is 0 Å². The van der Waals surface area contributed by atoms with E-state index in [1.165, 1.54) is 57.2 Å². The summed E-state index contributed by atoms with van der Waals surface area (Å²) < 4.78 is 11.2. The monoisotopic (exact) mass is 862 g/mol. The fraction of sp³-hybridized carbons (Fsp3) is 0. The van der Waals surface area contributed by atoms with Crippen LogP contribution >= 0.6 is 22.7 Å². The zero-order valence-electron chi connectivity index (χ0n) is 34.3. The summed E-state index contributed by atoms with van der Waals surface area (Å²) in [5.74, 6) is 1.74. The van der Waals surface area contributed by atoms with Crippen molar-refractivity contribution in [3.63, 3.8) is 0 Å². The van der Waals surface area contributed by atoms with Gasteiger partial charge in [-0.2, -0.15) is 5.26 Å². The largest absolute Gasteiger partial charge is 0.456 e. The maximum absolute atomic E-state index is 10.3. The molecule has 0 spiro atoms. The molecule has 0 atom stereocenters. The van der Waals surface area contributed by atoms with Crippen LogP contribution in [0.25, 0.3) is 140 Å². The number of fused-ring (bicyclic) bond motifs is 9. The number of furan rings is 1. The summed E-state index contributed by atoms with van der Waals surface area (Å²) in [6.07, 6.45) is 0. The normalized spacial score (nSPS) is 12.0. The van der Waals surface area contributed by atoms with E-state index in [-0.39, 0.29) is 0 Å². The minimum Gasteiger partial charge on any atom is -0.456 e. The summed E-state index contributed by atoms with van der Waals surface area (Å²) in [5.41, 5.74) is 8.95. The van der Waals surface area contributed by atoms with Crippen LogP contribution in [0.4, 0.5) is 0 Å². The third-order valence-electron chi connectivity index (χ3n) is 12.9. The third kappa shape index (κ3) is 5.58. The third-order valence-corrected chi connectivity index (χ3v) is 15.2. The lowest BCUT2D eigenvalue weighted by Crippen LogP contribution is -2.00. The second-order valence-electron chi connectivity index (χ2n) is 16.6. The SMILES string of the molecule is N#Cc1cc(-c2ccc(-c3nc(-c4ccc5c(c4)oc4ccccc45)nc(-c4cccc5c4sc4ccccc45)n3)cc2)cc(-c2cc3sc4cccc5c6ccccc6c(c2)c3c45)c1. The molecular formula is C58H30N4OS2. The van der Waals surface area contributed by atoms with E-state index < -0.39 is 0 Å². The Labute approximate surface area is 379 Å². The maximum Gasteiger partial charge on any atom is 0.165 e. The number of para-hydroxylation sites is 1. The van der Waals surface area contributed by atoms with Crippen LogP contribution in [0.5, 0.6) is 0 Å². The molecule has 0 aliphatic rings. The Hall–Kier alpha value is -8.28. The molecule has 0 bridgehead atoms. The van der Waals surface area contributed by atoms with Crippen molar-refractivity contribution in [2.24, 2.45) is 0 Å². The van der Waals surface area contributed by atoms with Gasteiger partial charge < -0.3 is 4.42 Å². The molecule has 5 nitrogen and oxygen atoms in total. The molecule has 0 aliphatic carbocycles. The molecule has 0 fully saturated rings. The van der Waals surface area contributed by atoms with Crippen LogP contribution in [0.2, 0.25) is 0 Å². The topological polar surface area (TPSA) is 75.6 Å². The molecule has 0 saturated carbocycles. The van der Waals surface area contributed by atoms with Gasteiger partial charge in [0.25, 0.3) is 0 Å². The van der Waals surface area contributed by atoms with Gasteiger partial charge in [-0.05, 0) is 111 Å². The Kier molecular flexibility index (Phi) is 7.72. The first-order valence-electron chi connectivity index (χ1n) is 21.5. The number of hydrogen-bond acceptors (Lipinski definition) is 7. The van der Waals surface area contributed by atoms with E-state index in [1.54, 1.807) is 11.3 Å². The molecule has 300 valence electrons. The zero-order chi connectivity index (χ0) is 42.8. The number of hydrogen-bond donors (Lipinski definition) is 0. The summed E-state index contributed by atoms with van der Waals surface area (Å²) in [6.45, 7) is 0. The highest BCUT2D eigenvalue weighted by atomic mass is 32.1. The lowest BCUT2D eigenvalue weighted by atomic mass is 9.91. The van der Waals surface area contributed by atoms with Gasteiger partial charge in [-0.1, -0.05) is 115 Å². The van der Waals surface area contributed by atoms with Crippen molar-refractivity contribution in [2.45, 2.75) is 0 Å². The molecule has 14 rings (SSSR count). The minimum atomic E-state index is 0.564. The van der Waals surface area contributed by atoms with E-state index >= 15 is 0 Å². The molecule has 0 aliphatic heterocycles. The molecule has 10 aromatic carbocycles. The van der Waals surface area contributed by atoms with Crippen LogP contribution in [0.1, 0.15) is 5.56 Å². The summed E-state index contributed by atoms with van der Waals surface area (Å²) in [7, 11) is 0. The fourth-order valence-electron chi connectivity index (χ4n) is 9.88. The van der Waals surface area contributed by atoms with E-state index in [9.17, 15) is 5.26 Å². The highest BCUT2D eigenvalue weighted by molar-refractivity contribution is 7.26. The average Bonchev–Trinajstić information content (AvgIpc) is 4.07. The zero-order valence-corrected chi connectivity index (χ0v) is 36.0. The molecule has 4 heterocycles. The Bertz CT molecular complexity index is 4320. The Balaban J connectivity index is 0.899. The quantitative estimate of drug-likeness (QED) is 0.161. The molecule has 65 heavy (non-hydrogen) atoms. The molecule has 0 saturated heterocycles. The Morgan fingerprint density at radius 3 is 1.82 bits per heavy atom. The Morgan fingerprint density at radius 2 is 0.969 bits per heavy atom. The van der Waals surface area contributed by atoms with E-state index in [0.29, 0.717) is 23.0 Å². The summed E-state index contributed by atoms with van der Waals surface area (Å²) in [4.78, 5) is 15.5. The molecule has 4 aromatic heterocycles. The second kappa shape index (κ2) is 13.9. The van der Waals surface area contributed by atoms with Crippen molar-refractivity contribution in [1.82, 2.24) is 15.0 Å². The molecule has 7 heteroatoms. The number of thiophene rings is 2. The number of aromatic nitrogens is 3. The van der Waals surface area contributed by atoms with Crippen LogP contribution in [0, 0.1) is 11.3 Å². The summed E-state index contributed by atoms with van der Waals surface area (Å²) in [6, 6.07) is 66.1. The van der Waals surface area contributed by atoms with Gasteiger partial charge in [0.2, 0.25) is 0 Å². The van der Waals surface area contributed by atoms with Crippen molar-refractivity contribution >= 4 is 107 Å². The predicted octanol–water partition coefficient (Wildman–Crippen LogP) is 16.5. The summed E-state index contributed by atoms with van der Waals surface area (Å²) >= 11 is 3.59. The van der Waals surface area contributed by atoms with Gasteiger partial charge in [-0.15, -0.1) is 22.7 Å². The van der Waals surface area contributed by atoms with Crippen LogP contribution in [0.15, 0.2) is 186 Å². The number of nitriles is 1. The van der Waals surface area contributed by atoms with Gasteiger partial charge in [-0.3, -0.25) is 0 Å². The average molecular weight is 863 g/mol. The summed E-state index contributed by atoms with van der Waals surface area (Å²) in [5, 5.41) is 22.6. The van der Waals surface area contributed by atoms with Gasteiger partial charge in [0, 0.05) is 67.8 Å². The highest BCUT2D eigenvalue weighted by Gasteiger charge is 2.20. The first-order chi connectivity index (χ1) is 32.1. The number of benzene rings is 10. The van der Waals surface area contributed by atoms with Gasteiger partial charge >= 0.3 is 0 Å². The predicted molar refractivity (Wildman–Crippen MR) is 271 cm³/mol. The Morgan fingerprint density at radius 1 is 0.369 bits per heavy atom. The van der Waals surface area contributed by atoms with Gasteiger partial charge in [0.1, 0.15) is 11.2 Å². The van der Waals surface area contributed by atoms with Crippen molar-refractivity contribution in [2.75, 3.05) is 0 Å².